The predicted molar refractivity (Wildman–Crippen MR) is 210 cm³/mol. The summed E-state index contributed by atoms with van der Waals surface area (Å²) in [5.41, 5.74) is 1.95. The fraction of sp³-hybridized carbons (Fsp3) is 0.405. The summed E-state index contributed by atoms with van der Waals surface area (Å²) in [6.45, 7) is 1.25. The van der Waals surface area contributed by atoms with Crippen LogP contribution >= 0.6 is 11.6 Å². The molecular formula is C42H42ClN7O8. The molecule has 4 aliphatic rings. The summed E-state index contributed by atoms with van der Waals surface area (Å²) >= 11 is 6.14. The van der Waals surface area contributed by atoms with Gasteiger partial charge in [0.05, 0.1) is 39.9 Å². The molecule has 2 aromatic heterocycles. The number of ether oxygens (including phenoxy) is 2. The Morgan fingerprint density at radius 3 is 2.41 bits per heavy atom. The van der Waals surface area contributed by atoms with Crippen molar-refractivity contribution in [2.75, 3.05) is 31.3 Å². The molecule has 1 saturated carbocycles. The van der Waals surface area contributed by atoms with Crippen LogP contribution in [0.5, 0.6) is 11.5 Å². The molecule has 300 valence electrons. The maximum Gasteiger partial charge on any atom is 0.278 e. The number of halogens is 1. The number of piperidine rings is 2. The van der Waals surface area contributed by atoms with Crippen molar-refractivity contribution in [1.82, 2.24) is 24.7 Å². The van der Waals surface area contributed by atoms with Crippen molar-refractivity contribution in [2.24, 2.45) is 13.0 Å². The second-order valence-electron chi connectivity index (χ2n) is 15.3. The van der Waals surface area contributed by atoms with E-state index in [-0.39, 0.29) is 42.2 Å². The van der Waals surface area contributed by atoms with Crippen molar-refractivity contribution in [1.29, 1.82) is 5.26 Å². The molecule has 2 N–H and O–H groups in total. The van der Waals surface area contributed by atoms with Crippen molar-refractivity contribution in [2.45, 2.75) is 69.6 Å². The first-order valence-corrected chi connectivity index (χ1v) is 19.9. The van der Waals surface area contributed by atoms with Gasteiger partial charge >= 0.3 is 0 Å². The molecule has 4 aromatic rings. The number of aliphatic hydroxyl groups excluding tert-OH is 1. The first-order chi connectivity index (χ1) is 28.0. The molecule has 5 amide bonds. The first kappa shape index (κ1) is 38.9. The number of benzene rings is 2. The number of aromatic nitrogens is 2. The number of rotatable bonds is 10. The molecule has 16 heteroatoms. The van der Waals surface area contributed by atoms with Gasteiger partial charge < -0.3 is 29.4 Å². The van der Waals surface area contributed by atoms with Crippen LogP contribution in [-0.4, -0.2) is 98.6 Å². The molecule has 15 nitrogen and oxygen atoms in total. The highest BCUT2D eigenvalue weighted by Crippen LogP contribution is 2.37. The number of carbonyl (C=O) groups is 5. The topological polar surface area (TPSA) is 187 Å². The van der Waals surface area contributed by atoms with Gasteiger partial charge in [-0.1, -0.05) is 11.6 Å². The number of anilines is 1. The van der Waals surface area contributed by atoms with E-state index in [0.717, 1.165) is 62.3 Å². The van der Waals surface area contributed by atoms with Gasteiger partial charge in [0.15, 0.2) is 0 Å². The second-order valence-corrected chi connectivity index (χ2v) is 15.7. The minimum absolute atomic E-state index is 0.0106. The summed E-state index contributed by atoms with van der Waals surface area (Å²) in [6, 6.07) is 15.0. The Balaban J connectivity index is 0.801. The van der Waals surface area contributed by atoms with Crippen LogP contribution in [0.1, 0.15) is 88.1 Å². The number of nitrogens with zero attached hydrogens (tertiary/aromatic N) is 6. The maximum absolute atomic E-state index is 13.6. The number of hydrogen-bond donors (Lipinski definition) is 2. The van der Waals surface area contributed by atoms with Gasteiger partial charge in [-0.05, 0) is 87.3 Å². The van der Waals surface area contributed by atoms with Crippen molar-refractivity contribution in [3.05, 3.63) is 82.1 Å². The zero-order chi connectivity index (χ0) is 40.7. The van der Waals surface area contributed by atoms with Gasteiger partial charge in [-0.15, -0.1) is 0 Å². The quantitative estimate of drug-likeness (QED) is 0.214. The third-order valence-corrected chi connectivity index (χ3v) is 12.1. The van der Waals surface area contributed by atoms with Crippen LogP contribution in [-0.2, 0) is 16.6 Å². The molecule has 2 saturated heterocycles. The molecule has 1 atom stereocenters. The number of likely N-dealkylation sites (tertiary alicyclic amines) is 1. The average molecular weight is 808 g/mol. The van der Waals surface area contributed by atoms with Crippen LogP contribution < -0.4 is 19.7 Å². The van der Waals surface area contributed by atoms with E-state index in [1.165, 1.54) is 0 Å². The lowest BCUT2D eigenvalue weighted by molar-refractivity contribution is -0.155. The number of amides is 5. The van der Waals surface area contributed by atoms with Gasteiger partial charge in [-0.25, -0.2) is 4.98 Å². The Hall–Kier alpha value is -5.98. The fourth-order valence-electron chi connectivity index (χ4n) is 8.49. The van der Waals surface area contributed by atoms with Crippen LogP contribution in [0.3, 0.4) is 0 Å². The normalized spacial score (nSPS) is 21.3. The molecular weight excluding hydrogens is 766 g/mol. The molecule has 1 unspecified atom stereocenters. The number of aryl methyl sites for hydroxylation is 1. The lowest BCUT2D eigenvalue weighted by Crippen LogP contribution is -2.56. The highest BCUT2D eigenvalue weighted by molar-refractivity contribution is 6.32. The van der Waals surface area contributed by atoms with E-state index in [9.17, 15) is 29.1 Å². The molecule has 1 aliphatic carbocycles. The van der Waals surface area contributed by atoms with Crippen LogP contribution in [0.25, 0.3) is 10.9 Å². The number of imide groups is 2. The summed E-state index contributed by atoms with van der Waals surface area (Å²) in [4.78, 5) is 73.6. The van der Waals surface area contributed by atoms with E-state index >= 15 is 0 Å². The SMILES string of the molecule is Cn1c2c(c3ccc(OCC4CCN(c5ccc(C(=O)NC6CCC(Oc7ccc(C#N)c(Cl)c7)CC6)cn5)CC4)cc31)C(=O)N(C1CCC(=O)N(CO)C1=O)C2=O. The molecule has 0 bridgehead atoms. The lowest BCUT2D eigenvalue weighted by Gasteiger charge is -2.33. The highest BCUT2D eigenvalue weighted by atomic mass is 35.5. The number of nitrogens with one attached hydrogen (secondary N) is 1. The Morgan fingerprint density at radius 2 is 1.72 bits per heavy atom. The summed E-state index contributed by atoms with van der Waals surface area (Å²) in [7, 11) is 1.69. The second kappa shape index (κ2) is 16.1. The predicted octanol–water partition coefficient (Wildman–Crippen LogP) is 4.58. The molecule has 2 aromatic carbocycles. The minimum Gasteiger partial charge on any atom is -0.493 e. The average Bonchev–Trinajstić information content (AvgIpc) is 3.67. The molecule has 3 aliphatic heterocycles. The zero-order valence-electron chi connectivity index (χ0n) is 31.9. The third kappa shape index (κ3) is 7.33. The Labute approximate surface area is 339 Å². The van der Waals surface area contributed by atoms with E-state index < -0.39 is 36.4 Å². The molecule has 5 heterocycles. The molecule has 3 fully saturated rings. The van der Waals surface area contributed by atoms with E-state index in [2.05, 4.69) is 15.2 Å². The maximum atomic E-state index is 13.6. The number of fused-ring (bicyclic) bond motifs is 3. The molecule has 8 rings (SSSR count). The number of aliphatic hydroxyl groups is 1. The van der Waals surface area contributed by atoms with Crippen LogP contribution in [0.2, 0.25) is 5.02 Å². The van der Waals surface area contributed by atoms with Gasteiger partial charge in [-0.2, -0.15) is 5.26 Å². The van der Waals surface area contributed by atoms with Crippen LogP contribution in [0, 0.1) is 17.2 Å². The van der Waals surface area contributed by atoms with Crippen molar-refractivity contribution in [3.63, 3.8) is 0 Å². The zero-order valence-corrected chi connectivity index (χ0v) is 32.6. The minimum atomic E-state index is -1.16. The number of hydrogen-bond acceptors (Lipinski definition) is 11. The number of carbonyl (C=O) groups excluding carboxylic acids is 5. The smallest absolute Gasteiger partial charge is 0.278 e. The monoisotopic (exact) mass is 807 g/mol. The largest absolute Gasteiger partial charge is 0.493 e. The van der Waals surface area contributed by atoms with Gasteiger partial charge in [0.25, 0.3) is 23.6 Å². The van der Waals surface area contributed by atoms with Crippen LogP contribution in [0.15, 0.2) is 54.7 Å². The highest BCUT2D eigenvalue weighted by Gasteiger charge is 2.49. The standard InChI is InChI=1S/C42H42ClN7O8/c1-47-34-19-29(9-10-31(34)37-38(47)42(56)50(41(37)55)33-11-13-36(52)49(23-51)40(33)54)57-22-24-14-16-48(17-15-24)35-12-3-26(21-45-35)39(53)46-27-4-7-28(8-5-27)58-30-6-2-25(20-44)32(43)18-30/h2-3,6,9-10,12,18-19,21,24,27-28,33,51H,4-5,7-8,11,13-17,22-23H2,1H3,(H,46,53). The van der Waals surface area contributed by atoms with Crippen LogP contribution in [0.4, 0.5) is 5.82 Å². The van der Waals surface area contributed by atoms with Gasteiger partial charge in [0.2, 0.25) is 5.91 Å². The summed E-state index contributed by atoms with van der Waals surface area (Å²) in [5.74, 6) is -0.312. The van der Waals surface area contributed by atoms with E-state index in [1.54, 1.807) is 48.1 Å². The van der Waals surface area contributed by atoms with Crippen molar-refractivity contribution in [3.8, 4) is 17.6 Å². The van der Waals surface area contributed by atoms with E-state index in [0.29, 0.717) is 56.0 Å². The Bertz CT molecular complexity index is 2340. The molecule has 0 spiro atoms. The molecule has 58 heavy (non-hydrogen) atoms. The number of pyridine rings is 1. The van der Waals surface area contributed by atoms with Crippen molar-refractivity contribution >= 4 is 57.9 Å². The fourth-order valence-corrected chi connectivity index (χ4v) is 8.70. The Morgan fingerprint density at radius 1 is 0.966 bits per heavy atom. The Kier molecular flexibility index (Phi) is 10.8. The van der Waals surface area contributed by atoms with Gasteiger partial charge in [0, 0.05) is 56.3 Å². The van der Waals surface area contributed by atoms with Crippen molar-refractivity contribution < 1.29 is 38.6 Å². The summed E-state index contributed by atoms with van der Waals surface area (Å²) < 4.78 is 13.9. The first-order valence-electron chi connectivity index (χ1n) is 19.5. The lowest BCUT2D eigenvalue weighted by atomic mass is 9.92. The van der Waals surface area contributed by atoms with E-state index in [1.807, 2.05) is 24.3 Å². The summed E-state index contributed by atoms with van der Waals surface area (Å²) in [6.07, 6.45) is 6.51. The van der Waals surface area contributed by atoms with Gasteiger partial charge in [0.1, 0.15) is 41.9 Å². The third-order valence-electron chi connectivity index (χ3n) is 11.8. The summed E-state index contributed by atoms with van der Waals surface area (Å²) in [5, 5.41) is 22.7. The molecule has 0 radical (unpaired) electrons. The van der Waals surface area contributed by atoms with E-state index in [4.69, 9.17) is 26.3 Å². The number of nitriles is 1. The van der Waals surface area contributed by atoms with Gasteiger partial charge in [-0.3, -0.25) is 33.8 Å².